The van der Waals surface area contributed by atoms with Crippen molar-refractivity contribution < 1.29 is 23.9 Å². The first-order valence-corrected chi connectivity index (χ1v) is 16.7. The number of hydrogen-bond acceptors (Lipinski definition) is 10. The number of likely N-dealkylation sites (tertiary alicyclic amines) is 1. The average molecular weight is 689 g/mol. The minimum absolute atomic E-state index is 0.0165. The van der Waals surface area contributed by atoms with Crippen molar-refractivity contribution in [2.75, 3.05) is 64.1 Å². The van der Waals surface area contributed by atoms with Gasteiger partial charge in [-0.3, -0.25) is 25.3 Å². The molecule has 1 spiro atoms. The first-order chi connectivity index (χ1) is 24.5. The van der Waals surface area contributed by atoms with Crippen LogP contribution < -0.4 is 20.7 Å². The van der Waals surface area contributed by atoms with E-state index >= 15 is 0 Å². The zero-order valence-electron chi connectivity index (χ0n) is 28.6. The minimum atomic E-state index is -0.695. The van der Waals surface area contributed by atoms with Crippen molar-refractivity contribution in [3.63, 3.8) is 0 Å². The van der Waals surface area contributed by atoms with Crippen LogP contribution >= 0.6 is 0 Å². The van der Waals surface area contributed by atoms with E-state index in [4.69, 9.17) is 26.0 Å². The number of nitrogen functional groups attached to an aromatic ring is 1. The van der Waals surface area contributed by atoms with Crippen molar-refractivity contribution in [2.45, 2.75) is 19.3 Å². The first-order valence-electron chi connectivity index (χ1n) is 16.7. The SMILES string of the molecule is CNC(=O)OC(=N)c1ccc(C2=CCN(C(=O)CN3CC[C@]4(CCN(c5ccc(N)c(C(=N)c6ccc(OC)c(C#N)c6)c5)C4=O)C3)CC2)cc1. The molecule has 2 fully saturated rings. The monoisotopic (exact) mass is 688 g/mol. The number of hydrogen-bond donors (Lipinski definition) is 4. The molecule has 0 aromatic heterocycles. The van der Waals surface area contributed by atoms with Gasteiger partial charge >= 0.3 is 6.09 Å². The second-order valence-corrected chi connectivity index (χ2v) is 13.0. The van der Waals surface area contributed by atoms with Gasteiger partial charge < -0.3 is 30.3 Å². The number of nitrogens with one attached hydrogen (secondary N) is 3. The summed E-state index contributed by atoms with van der Waals surface area (Å²) >= 11 is 0. The van der Waals surface area contributed by atoms with Gasteiger partial charge in [-0.1, -0.05) is 18.2 Å². The Bertz CT molecular complexity index is 1980. The molecule has 0 aliphatic carbocycles. The van der Waals surface area contributed by atoms with Crippen molar-refractivity contribution in [1.82, 2.24) is 15.1 Å². The van der Waals surface area contributed by atoms with Crippen LogP contribution in [-0.4, -0.2) is 92.7 Å². The number of carbonyl (C=O) groups is 3. The molecule has 0 unspecified atom stereocenters. The quantitative estimate of drug-likeness (QED) is 0.155. The van der Waals surface area contributed by atoms with Crippen LogP contribution in [0.3, 0.4) is 0 Å². The highest BCUT2D eigenvalue weighted by Gasteiger charge is 2.51. The van der Waals surface area contributed by atoms with Crippen LogP contribution in [0.15, 0.2) is 66.7 Å². The molecule has 3 aliphatic rings. The van der Waals surface area contributed by atoms with Gasteiger partial charge in [-0.2, -0.15) is 5.26 Å². The molecule has 3 amide bonds. The van der Waals surface area contributed by atoms with Gasteiger partial charge in [-0.15, -0.1) is 0 Å². The van der Waals surface area contributed by atoms with Crippen LogP contribution in [0, 0.1) is 27.6 Å². The molecule has 3 aromatic carbocycles. The average Bonchev–Trinajstić information content (AvgIpc) is 3.72. The van der Waals surface area contributed by atoms with Crippen molar-refractivity contribution in [1.29, 1.82) is 16.1 Å². The van der Waals surface area contributed by atoms with Crippen molar-refractivity contribution in [2.24, 2.45) is 5.41 Å². The van der Waals surface area contributed by atoms with E-state index in [-0.39, 0.29) is 30.0 Å². The Balaban J connectivity index is 1.05. The Kier molecular flexibility index (Phi) is 9.88. The number of methoxy groups -OCH3 is 1. The number of nitrogens with two attached hydrogens (primary N) is 1. The summed E-state index contributed by atoms with van der Waals surface area (Å²) < 4.78 is 10.1. The van der Waals surface area contributed by atoms with Crippen LogP contribution in [0.25, 0.3) is 5.57 Å². The molecule has 0 radical (unpaired) electrons. The topological polar surface area (TPSA) is 189 Å². The summed E-state index contributed by atoms with van der Waals surface area (Å²) in [6, 6.07) is 19.6. The van der Waals surface area contributed by atoms with Crippen molar-refractivity contribution in [3.05, 3.63) is 94.6 Å². The van der Waals surface area contributed by atoms with E-state index in [0.29, 0.717) is 91.4 Å². The Morgan fingerprint density at radius 1 is 1.02 bits per heavy atom. The van der Waals surface area contributed by atoms with Crippen LogP contribution in [0.2, 0.25) is 0 Å². The summed E-state index contributed by atoms with van der Waals surface area (Å²) in [7, 11) is 2.92. The lowest BCUT2D eigenvalue weighted by atomic mass is 9.85. The Morgan fingerprint density at radius 2 is 1.76 bits per heavy atom. The maximum Gasteiger partial charge on any atom is 0.413 e. The molecular weight excluding hydrogens is 648 g/mol. The molecule has 5 N–H and O–H groups in total. The highest BCUT2D eigenvalue weighted by molar-refractivity contribution is 6.15. The van der Waals surface area contributed by atoms with E-state index in [9.17, 15) is 19.6 Å². The maximum absolute atomic E-state index is 14.0. The molecule has 3 aliphatic heterocycles. The Hall–Kier alpha value is -6.00. The van der Waals surface area contributed by atoms with E-state index in [2.05, 4.69) is 16.3 Å². The number of alkyl carbamates (subject to hydrolysis) is 1. The summed E-state index contributed by atoms with van der Waals surface area (Å²) in [5.74, 6) is 0.236. The fraction of sp³-hybridized carbons (Fsp3) is 0.316. The number of ether oxygens (including phenoxy) is 2. The molecule has 0 saturated carbocycles. The molecule has 13 heteroatoms. The lowest BCUT2D eigenvalue weighted by molar-refractivity contribution is -0.132. The van der Waals surface area contributed by atoms with Gasteiger partial charge in [0.15, 0.2) is 0 Å². The van der Waals surface area contributed by atoms with E-state index in [1.807, 2.05) is 23.1 Å². The third-order valence-electron chi connectivity index (χ3n) is 10.0. The first kappa shape index (κ1) is 34.8. The number of carbonyl (C=O) groups excluding carboxylic acids is 3. The van der Waals surface area contributed by atoms with Gasteiger partial charge in [0.05, 0.1) is 30.3 Å². The second-order valence-electron chi connectivity index (χ2n) is 13.0. The number of nitriles is 1. The van der Waals surface area contributed by atoms with Crippen LogP contribution in [0.5, 0.6) is 5.75 Å². The number of nitrogens with zero attached hydrogens (tertiary/aromatic N) is 4. The fourth-order valence-corrected chi connectivity index (χ4v) is 7.06. The number of amides is 3. The molecule has 2 saturated heterocycles. The lowest BCUT2D eigenvalue weighted by Gasteiger charge is -2.29. The normalized spacial score (nSPS) is 18.7. The van der Waals surface area contributed by atoms with Crippen molar-refractivity contribution >= 4 is 46.5 Å². The summed E-state index contributed by atoms with van der Waals surface area (Å²) in [4.78, 5) is 44.4. The van der Waals surface area contributed by atoms with E-state index in [1.165, 1.54) is 14.2 Å². The van der Waals surface area contributed by atoms with Crippen LogP contribution in [-0.2, 0) is 14.3 Å². The molecule has 51 heavy (non-hydrogen) atoms. The molecule has 0 bridgehead atoms. The molecule has 3 aromatic rings. The zero-order chi connectivity index (χ0) is 36.3. The van der Waals surface area contributed by atoms with E-state index in [1.54, 1.807) is 53.4 Å². The van der Waals surface area contributed by atoms with E-state index in [0.717, 1.165) is 11.1 Å². The molecular formula is C38H40N8O5. The third kappa shape index (κ3) is 7.04. The third-order valence-corrected chi connectivity index (χ3v) is 10.0. The largest absolute Gasteiger partial charge is 0.495 e. The molecule has 13 nitrogen and oxygen atoms in total. The number of benzene rings is 3. The standard InChI is InChI=1S/C38H40N8O5/c1-43-37(49)51-35(42)26-5-3-24(4-6-26)25-11-15-45(16-12-25)33(47)22-44-17-13-38(23-44)14-18-46(36(38)48)29-8-9-31(40)30(20-29)34(41)27-7-10-32(50-2)28(19-27)21-39/h3-11,19-20,41-42H,12-18,22-23,40H2,1-2H3,(H,43,49)/t38-/m0/s1. The second kappa shape index (κ2) is 14.5. The molecule has 3 heterocycles. The van der Waals surface area contributed by atoms with E-state index < -0.39 is 11.5 Å². The van der Waals surface area contributed by atoms with Crippen LogP contribution in [0.4, 0.5) is 16.2 Å². The van der Waals surface area contributed by atoms with Gasteiger partial charge in [0, 0.05) is 61.3 Å². The summed E-state index contributed by atoms with van der Waals surface area (Å²) in [6.45, 7) is 3.00. The van der Waals surface area contributed by atoms with Gasteiger partial charge in [0.1, 0.15) is 11.8 Å². The Labute approximate surface area is 296 Å². The predicted octanol–water partition coefficient (Wildman–Crippen LogP) is 3.99. The number of anilines is 2. The predicted molar refractivity (Wildman–Crippen MR) is 193 cm³/mol. The van der Waals surface area contributed by atoms with Gasteiger partial charge in [-0.25, -0.2) is 4.79 Å². The highest BCUT2D eigenvalue weighted by Crippen LogP contribution is 2.43. The molecule has 262 valence electrons. The molecule has 1 atom stereocenters. The Morgan fingerprint density at radius 3 is 2.45 bits per heavy atom. The van der Waals surface area contributed by atoms with Gasteiger partial charge in [0.2, 0.25) is 17.7 Å². The smallest absolute Gasteiger partial charge is 0.413 e. The fourth-order valence-electron chi connectivity index (χ4n) is 7.06. The van der Waals surface area contributed by atoms with Gasteiger partial charge in [-0.05, 0) is 85.5 Å². The number of rotatable bonds is 8. The zero-order valence-corrected chi connectivity index (χ0v) is 28.6. The highest BCUT2D eigenvalue weighted by atomic mass is 16.6. The molecule has 6 rings (SSSR count). The maximum atomic E-state index is 14.0. The van der Waals surface area contributed by atoms with Gasteiger partial charge in [0.25, 0.3) is 0 Å². The summed E-state index contributed by atoms with van der Waals surface area (Å²) in [5, 5.41) is 28.6. The summed E-state index contributed by atoms with van der Waals surface area (Å²) in [6.07, 6.45) is 3.38. The van der Waals surface area contributed by atoms with Crippen molar-refractivity contribution in [3.8, 4) is 11.8 Å². The van der Waals surface area contributed by atoms with Crippen LogP contribution in [0.1, 0.15) is 47.1 Å². The summed E-state index contributed by atoms with van der Waals surface area (Å²) in [5.41, 5.74) is 10.8. The minimum Gasteiger partial charge on any atom is -0.495 e. The lowest BCUT2D eigenvalue weighted by Crippen LogP contribution is -2.43.